The van der Waals surface area contributed by atoms with E-state index >= 15 is 0 Å². The molecule has 158 valence electrons. The molecule has 1 N–H and O–H groups in total. The number of carboxylic acid groups (broad SMARTS) is 1. The molecule has 2 aromatic carbocycles. The third-order valence-corrected chi connectivity index (χ3v) is 5.75. The summed E-state index contributed by atoms with van der Waals surface area (Å²) in [5, 5.41) is 9.70. The van der Waals surface area contributed by atoms with Gasteiger partial charge in [-0.05, 0) is 62.2 Å². The number of aromatic nitrogens is 2. The quantitative estimate of drug-likeness (QED) is 0.694. The fourth-order valence-corrected chi connectivity index (χ4v) is 4.32. The summed E-state index contributed by atoms with van der Waals surface area (Å²) in [7, 11) is 0. The van der Waals surface area contributed by atoms with Gasteiger partial charge in [-0.2, -0.15) is 0 Å². The van der Waals surface area contributed by atoms with Gasteiger partial charge >= 0.3 is 5.97 Å². The molecule has 1 aromatic heterocycles. The molecule has 0 bridgehead atoms. The number of hydrogen-bond acceptors (Lipinski definition) is 5. The number of hydrogen-bond donors (Lipinski definition) is 1. The molecular weight excluding hydrogens is 396 g/mol. The fraction of sp³-hybridized carbons (Fsp3) is 0.292. The van der Waals surface area contributed by atoms with Gasteiger partial charge in [-0.3, -0.25) is 9.36 Å². The Balaban J connectivity index is 1.64. The first-order valence-electron chi connectivity index (χ1n) is 10.4. The zero-order valence-corrected chi connectivity index (χ0v) is 17.3. The van der Waals surface area contributed by atoms with E-state index in [1.54, 1.807) is 4.57 Å². The number of benzene rings is 2. The van der Waals surface area contributed by atoms with E-state index in [1.165, 1.54) is 18.2 Å². The van der Waals surface area contributed by atoms with Crippen LogP contribution in [0.25, 0.3) is 22.6 Å². The van der Waals surface area contributed by atoms with E-state index in [4.69, 9.17) is 9.47 Å². The number of rotatable bonds is 4. The fourth-order valence-electron chi connectivity index (χ4n) is 4.32. The van der Waals surface area contributed by atoms with E-state index in [2.05, 4.69) is 4.98 Å². The second-order valence-electron chi connectivity index (χ2n) is 7.91. The molecule has 3 heterocycles. The topological polar surface area (TPSA) is 90.7 Å². The summed E-state index contributed by atoms with van der Waals surface area (Å²) in [5.41, 5.74) is 3.26. The van der Waals surface area contributed by atoms with Crippen molar-refractivity contribution in [1.82, 2.24) is 9.55 Å². The summed E-state index contributed by atoms with van der Waals surface area (Å²) >= 11 is 0. The second kappa shape index (κ2) is 7.27. The average Bonchev–Trinajstić information content (AvgIpc) is 3.30. The number of nitrogens with zero attached hydrogens (tertiary/aromatic N) is 2. The van der Waals surface area contributed by atoms with Crippen molar-refractivity contribution in [3.05, 3.63) is 63.2 Å². The molecule has 2 aliphatic rings. The highest BCUT2D eigenvalue weighted by Gasteiger charge is 2.24. The maximum atomic E-state index is 13.0. The standard InChI is InChI=1S/C24H22N2O5/c1-3-30-20-11-16-8-13(2)31-21(16)12-17(20)9-14-6-7-26-22(14)25-19-10-15(24(28)29)4-5-18(19)23(26)27/h4-5,9-13H,3,6-8H2,1-2H3,(H,28,29)/b14-9-. The lowest BCUT2D eigenvalue weighted by molar-refractivity contribution is 0.0697. The van der Waals surface area contributed by atoms with Gasteiger partial charge < -0.3 is 14.6 Å². The highest BCUT2D eigenvalue weighted by atomic mass is 16.5. The smallest absolute Gasteiger partial charge is 0.335 e. The number of carbonyl (C=O) groups is 1. The lowest BCUT2D eigenvalue weighted by atomic mass is 10.0. The van der Waals surface area contributed by atoms with E-state index in [0.29, 0.717) is 36.3 Å². The van der Waals surface area contributed by atoms with Crippen LogP contribution in [0.5, 0.6) is 11.5 Å². The normalized spacial score (nSPS) is 18.1. The minimum absolute atomic E-state index is 0.108. The Morgan fingerprint density at radius 2 is 2.19 bits per heavy atom. The SMILES string of the molecule is CCOc1cc2c(cc1/C=C1/CCn3c1nc1cc(C(=O)O)ccc1c3=O)OC(C)C2. The summed E-state index contributed by atoms with van der Waals surface area (Å²) in [6, 6.07) is 8.44. The monoisotopic (exact) mass is 418 g/mol. The molecule has 1 unspecified atom stereocenters. The van der Waals surface area contributed by atoms with Gasteiger partial charge in [0.05, 0.1) is 23.1 Å². The summed E-state index contributed by atoms with van der Waals surface area (Å²) in [4.78, 5) is 29.0. The van der Waals surface area contributed by atoms with Crippen LogP contribution in [0.1, 0.15) is 47.6 Å². The van der Waals surface area contributed by atoms with Crippen molar-refractivity contribution >= 4 is 28.5 Å². The number of carboxylic acids is 1. The Hall–Kier alpha value is -3.61. The summed E-state index contributed by atoms with van der Waals surface area (Å²) < 4.78 is 13.4. The molecular formula is C24H22N2O5. The molecule has 7 heteroatoms. The van der Waals surface area contributed by atoms with Crippen LogP contribution < -0.4 is 15.0 Å². The van der Waals surface area contributed by atoms with E-state index < -0.39 is 5.97 Å². The largest absolute Gasteiger partial charge is 0.493 e. The molecule has 0 aliphatic carbocycles. The molecule has 7 nitrogen and oxygen atoms in total. The van der Waals surface area contributed by atoms with Crippen molar-refractivity contribution in [2.24, 2.45) is 0 Å². The van der Waals surface area contributed by atoms with E-state index in [1.807, 2.05) is 32.1 Å². The zero-order valence-electron chi connectivity index (χ0n) is 17.3. The number of ether oxygens (including phenoxy) is 2. The highest BCUT2D eigenvalue weighted by Crippen LogP contribution is 2.38. The predicted octanol–water partition coefficient (Wildman–Crippen LogP) is 3.76. The third kappa shape index (κ3) is 3.26. The predicted molar refractivity (Wildman–Crippen MR) is 117 cm³/mol. The first-order valence-corrected chi connectivity index (χ1v) is 10.4. The van der Waals surface area contributed by atoms with Crippen molar-refractivity contribution in [2.45, 2.75) is 39.3 Å². The van der Waals surface area contributed by atoms with E-state index in [0.717, 1.165) is 34.6 Å². The van der Waals surface area contributed by atoms with Crippen molar-refractivity contribution in [3.8, 4) is 11.5 Å². The number of fused-ring (bicyclic) bond motifs is 3. The molecule has 0 amide bonds. The maximum absolute atomic E-state index is 13.0. The van der Waals surface area contributed by atoms with Gasteiger partial charge in [0.15, 0.2) is 0 Å². The Kier molecular flexibility index (Phi) is 4.54. The molecule has 0 saturated heterocycles. The minimum Gasteiger partial charge on any atom is -0.493 e. The molecule has 1 atom stereocenters. The van der Waals surface area contributed by atoms with Gasteiger partial charge in [-0.25, -0.2) is 9.78 Å². The lowest BCUT2D eigenvalue weighted by Crippen LogP contribution is -2.21. The van der Waals surface area contributed by atoms with Gasteiger partial charge in [0.2, 0.25) is 0 Å². The number of allylic oxidation sites excluding steroid dienone is 1. The Morgan fingerprint density at radius 3 is 2.97 bits per heavy atom. The van der Waals surface area contributed by atoms with Crippen LogP contribution in [0, 0.1) is 0 Å². The Morgan fingerprint density at radius 1 is 1.35 bits per heavy atom. The van der Waals surface area contributed by atoms with Gasteiger partial charge in [0.1, 0.15) is 23.4 Å². The summed E-state index contributed by atoms with van der Waals surface area (Å²) in [5.74, 6) is 1.16. The molecule has 5 rings (SSSR count). The maximum Gasteiger partial charge on any atom is 0.335 e. The molecule has 31 heavy (non-hydrogen) atoms. The van der Waals surface area contributed by atoms with E-state index in [9.17, 15) is 14.7 Å². The molecule has 0 spiro atoms. The summed E-state index contributed by atoms with van der Waals surface area (Å²) in [6.07, 6.45) is 3.64. The van der Waals surface area contributed by atoms with Crippen LogP contribution in [0.15, 0.2) is 35.1 Å². The molecule has 3 aromatic rings. The van der Waals surface area contributed by atoms with E-state index in [-0.39, 0.29) is 17.2 Å². The van der Waals surface area contributed by atoms with Crippen LogP contribution in [-0.4, -0.2) is 33.3 Å². The highest BCUT2D eigenvalue weighted by molar-refractivity contribution is 5.93. The zero-order chi connectivity index (χ0) is 21.7. The van der Waals surface area contributed by atoms with Crippen LogP contribution in [0.2, 0.25) is 0 Å². The minimum atomic E-state index is -1.05. The van der Waals surface area contributed by atoms with Crippen LogP contribution in [0.4, 0.5) is 0 Å². The van der Waals surface area contributed by atoms with Crippen LogP contribution in [0.3, 0.4) is 0 Å². The Bertz CT molecular complexity index is 1320. The van der Waals surface area contributed by atoms with Gasteiger partial charge in [-0.15, -0.1) is 0 Å². The van der Waals surface area contributed by atoms with Crippen molar-refractivity contribution in [1.29, 1.82) is 0 Å². The van der Waals surface area contributed by atoms with Crippen LogP contribution >= 0.6 is 0 Å². The van der Waals surface area contributed by atoms with Gasteiger partial charge in [0.25, 0.3) is 5.56 Å². The van der Waals surface area contributed by atoms with Crippen LogP contribution in [-0.2, 0) is 13.0 Å². The third-order valence-electron chi connectivity index (χ3n) is 5.75. The molecule has 0 fully saturated rings. The first kappa shape index (κ1) is 19.4. The van der Waals surface area contributed by atoms with Crippen molar-refractivity contribution in [2.75, 3.05) is 6.61 Å². The second-order valence-corrected chi connectivity index (χ2v) is 7.91. The molecule has 2 aliphatic heterocycles. The number of aromatic carboxylic acids is 1. The Labute approximate surface area is 178 Å². The van der Waals surface area contributed by atoms with Crippen molar-refractivity contribution in [3.63, 3.8) is 0 Å². The van der Waals surface area contributed by atoms with Crippen molar-refractivity contribution < 1.29 is 19.4 Å². The van der Waals surface area contributed by atoms with Gasteiger partial charge in [0, 0.05) is 24.1 Å². The first-order chi connectivity index (χ1) is 14.9. The van der Waals surface area contributed by atoms with Gasteiger partial charge in [-0.1, -0.05) is 0 Å². The molecule has 0 saturated carbocycles. The summed E-state index contributed by atoms with van der Waals surface area (Å²) in [6.45, 7) is 5.06. The molecule has 0 radical (unpaired) electrons. The lowest BCUT2D eigenvalue weighted by Gasteiger charge is -2.11. The average molecular weight is 418 g/mol.